The highest BCUT2D eigenvalue weighted by atomic mass is 16.5. The van der Waals surface area contributed by atoms with Gasteiger partial charge in [-0.25, -0.2) is 0 Å². The third-order valence-electron chi connectivity index (χ3n) is 7.07. The van der Waals surface area contributed by atoms with Gasteiger partial charge in [0.25, 0.3) is 0 Å². The molecule has 0 aromatic heterocycles. The summed E-state index contributed by atoms with van der Waals surface area (Å²) in [6.07, 6.45) is 2.23. The van der Waals surface area contributed by atoms with E-state index in [1.807, 2.05) is 12.1 Å². The third kappa shape index (κ3) is 3.12. The lowest BCUT2D eigenvalue weighted by Crippen LogP contribution is -2.49. The maximum absolute atomic E-state index is 5.57. The van der Waals surface area contributed by atoms with E-state index in [-0.39, 0.29) is 0 Å². The molecule has 2 aromatic carbocycles. The van der Waals surface area contributed by atoms with Crippen LogP contribution in [0.4, 0.5) is 11.4 Å². The number of para-hydroxylation sites is 1. The van der Waals surface area contributed by atoms with Crippen LogP contribution in [0, 0.1) is 0 Å². The number of likely N-dealkylation sites (N-methyl/N-ethyl adjacent to an activating group) is 1. The van der Waals surface area contributed by atoms with Crippen molar-refractivity contribution in [1.29, 1.82) is 0 Å². The van der Waals surface area contributed by atoms with Gasteiger partial charge in [0, 0.05) is 51.7 Å². The number of anilines is 2. The smallest absolute Gasteiger partial charge is 0.122 e. The van der Waals surface area contributed by atoms with Crippen LogP contribution in [0.5, 0.6) is 11.5 Å². The maximum atomic E-state index is 5.57. The number of rotatable bonds is 5. The summed E-state index contributed by atoms with van der Waals surface area (Å²) in [5, 5.41) is 0. The minimum atomic E-state index is 0.623. The lowest BCUT2D eigenvalue weighted by atomic mass is 9.89. The summed E-state index contributed by atoms with van der Waals surface area (Å²) in [5.74, 6) is 2.48. The molecule has 0 amide bonds. The zero-order valence-electron chi connectivity index (χ0n) is 17.7. The number of methoxy groups -OCH3 is 2. The Bertz CT molecular complexity index is 900. The quantitative estimate of drug-likeness (QED) is 0.777. The Morgan fingerprint density at radius 3 is 2.76 bits per heavy atom. The van der Waals surface area contributed by atoms with Gasteiger partial charge in [0.05, 0.1) is 25.6 Å². The molecule has 0 saturated carbocycles. The first-order chi connectivity index (χ1) is 14.2. The number of benzene rings is 2. The van der Waals surface area contributed by atoms with Crippen LogP contribution in [-0.4, -0.2) is 64.9 Å². The molecule has 0 spiro atoms. The van der Waals surface area contributed by atoms with Gasteiger partial charge in [-0.2, -0.15) is 0 Å². The van der Waals surface area contributed by atoms with Crippen LogP contribution < -0.4 is 19.3 Å². The minimum Gasteiger partial charge on any atom is -0.497 e. The standard InChI is InChI=1S/C24H31N3O2/c1-25-13-14-27-21-10-12-26(16-20(21)19-5-4-6-22(25)24(19)27)11-9-17-15-18(28-2)7-8-23(17)29-3/h4-8,15,20-21H,9-14,16H2,1-3H3. The van der Waals surface area contributed by atoms with Crippen molar-refractivity contribution in [2.24, 2.45) is 0 Å². The second-order valence-corrected chi connectivity index (χ2v) is 8.52. The highest BCUT2D eigenvalue weighted by Crippen LogP contribution is 2.50. The second-order valence-electron chi connectivity index (χ2n) is 8.52. The SMILES string of the molecule is COc1ccc(OC)c(CCN2CCC3C(C2)c2cccc4c2N3CCN4C)c1. The van der Waals surface area contributed by atoms with E-state index in [1.165, 1.54) is 29.9 Å². The van der Waals surface area contributed by atoms with Gasteiger partial charge < -0.3 is 24.2 Å². The monoisotopic (exact) mass is 393 g/mol. The summed E-state index contributed by atoms with van der Waals surface area (Å²) >= 11 is 0. The number of hydrogen-bond acceptors (Lipinski definition) is 5. The zero-order chi connectivity index (χ0) is 20.0. The number of likely N-dealkylation sites (tertiary alicyclic amines) is 1. The molecule has 0 bridgehead atoms. The first-order valence-electron chi connectivity index (χ1n) is 10.7. The fourth-order valence-corrected chi connectivity index (χ4v) is 5.54. The van der Waals surface area contributed by atoms with Crippen molar-refractivity contribution in [1.82, 2.24) is 4.90 Å². The van der Waals surface area contributed by atoms with Crippen molar-refractivity contribution in [3.05, 3.63) is 47.5 Å². The van der Waals surface area contributed by atoms with Crippen LogP contribution in [-0.2, 0) is 6.42 Å². The van der Waals surface area contributed by atoms with E-state index in [2.05, 4.69) is 46.0 Å². The molecule has 1 fully saturated rings. The van der Waals surface area contributed by atoms with Crippen molar-refractivity contribution in [2.75, 3.05) is 63.8 Å². The molecule has 2 unspecified atom stereocenters. The number of nitrogens with zero attached hydrogens (tertiary/aromatic N) is 3. The molecule has 3 heterocycles. The summed E-state index contributed by atoms with van der Waals surface area (Å²) in [7, 11) is 5.69. The van der Waals surface area contributed by atoms with Gasteiger partial charge in [-0.15, -0.1) is 0 Å². The maximum Gasteiger partial charge on any atom is 0.122 e. The van der Waals surface area contributed by atoms with Crippen LogP contribution in [0.15, 0.2) is 36.4 Å². The molecule has 3 aliphatic heterocycles. The van der Waals surface area contributed by atoms with Crippen LogP contribution >= 0.6 is 0 Å². The van der Waals surface area contributed by atoms with Gasteiger partial charge in [-0.1, -0.05) is 12.1 Å². The zero-order valence-corrected chi connectivity index (χ0v) is 17.7. The number of ether oxygens (including phenoxy) is 2. The van der Waals surface area contributed by atoms with Crippen LogP contribution in [0.25, 0.3) is 0 Å². The highest BCUT2D eigenvalue weighted by Gasteiger charge is 2.44. The van der Waals surface area contributed by atoms with E-state index in [0.717, 1.165) is 44.1 Å². The Balaban J connectivity index is 1.33. The Kier molecular flexibility index (Phi) is 4.78. The van der Waals surface area contributed by atoms with E-state index >= 15 is 0 Å². The molecule has 2 atom stereocenters. The van der Waals surface area contributed by atoms with Gasteiger partial charge in [0.1, 0.15) is 11.5 Å². The molecular weight excluding hydrogens is 362 g/mol. The Labute approximate surface area is 173 Å². The minimum absolute atomic E-state index is 0.623. The van der Waals surface area contributed by atoms with Crippen LogP contribution in [0.3, 0.4) is 0 Å². The van der Waals surface area contributed by atoms with E-state index in [4.69, 9.17) is 9.47 Å². The third-order valence-corrected chi connectivity index (χ3v) is 7.07. The van der Waals surface area contributed by atoms with E-state index in [9.17, 15) is 0 Å². The molecule has 1 saturated heterocycles. The predicted octanol–water partition coefficient (Wildman–Crippen LogP) is 3.37. The predicted molar refractivity (Wildman–Crippen MR) is 118 cm³/mol. The van der Waals surface area contributed by atoms with Crippen molar-refractivity contribution in [3.63, 3.8) is 0 Å². The summed E-state index contributed by atoms with van der Waals surface area (Å²) in [6.45, 7) is 5.65. The molecule has 5 rings (SSSR count). The second kappa shape index (κ2) is 7.45. The molecule has 2 aromatic rings. The Hall–Kier alpha value is -2.40. The number of piperidine rings is 1. The normalized spacial score (nSPS) is 23.0. The molecule has 0 radical (unpaired) electrons. The summed E-state index contributed by atoms with van der Waals surface area (Å²) in [4.78, 5) is 7.76. The van der Waals surface area contributed by atoms with E-state index in [1.54, 1.807) is 19.8 Å². The van der Waals surface area contributed by atoms with Crippen LogP contribution in [0.1, 0.15) is 23.5 Å². The largest absolute Gasteiger partial charge is 0.497 e. The van der Waals surface area contributed by atoms with Crippen molar-refractivity contribution in [3.8, 4) is 11.5 Å². The van der Waals surface area contributed by atoms with E-state index < -0.39 is 0 Å². The fourth-order valence-electron chi connectivity index (χ4n) is 5.54. The topological polar surface area (TPSA) is 28.2 Å². The Morgan fingerprint density at radius 1 is 1.03 bits per heavy atom. The summed E-state index contributed by atoms with van der Waals surface area (Å²) in [6, 6.07) is 13.7. The molecule has 0 aliphatic carbocycles. The van der Waals surface area contributed by atoms with Gasteiger partial charge in [-0.05, 0) is 48.2 Å². The molecule has 0 N–H and O–H groups in total. The van der Waals surface area contributed by atoms with Crippen LogP contribution in [0.2, 0.25) is 0 Å². The molecule has 154 valence electrons. The average molecular weight is 394 g/mol. The lowest BCUT2D eigenvalue weighted by molar-refractivity contribution is 0.195. The van der Waals surface area contributed by atoms with E-state index in [0.29, 0.717) is 12.0 Å². The molecule has 29 heavy (non-hydrogen) atoms. The molecule has 5 heteroatoms. The van der Waals surface area contributed by atoms with Crippen molar-refractivity contribution < 1.29 is 9.47 Å². The fraction of sp³-hybridized carbons (Fsp3) is 0.500. The highest BCUT2D eigenvalue weighted by molar-refractivity contribution is 5.80. The first kappa shape index (κ1) is 18.6. The molecule has 3 aliphatic rings. The Morgan fingerprint density at radius 2 is 1.93 bits per heavy atom. The summed E-state index contributed by atoms with van der Waals surface area (Å²) in [5.41, 5.74) is 5.70. The number of fused-ring (bicyclic) bond motifs is 3. The average Bonchev–Trinajstić information content (AvgIpc) is 3.09. The van der Waals surface area contributed by atoms with Gasteiger partial charge in [-0.3, -0.25) is 0 Å². The van der Waals surface area contributed by atoms with Crippen molar-refractivity contribution in [2.45, 2.75) is 24.8 Å². The van der Waals surface area contributed by atoms with Gasteiger partial charge in [0.2, 0.25) is 0 Å². The van der Waals surface area contributed by atoms with Crippen molar-refractivity contribution >= 4 is 11.4 Å². The lowest BCUT2D eigenvalue weighted by Gasteiger charge is -2.41. The summed E-state index contributed by atoms with van der Waals surface area (Å²) < 4.78 is 11.0. The molecule has 5 nitrogen and oxygen atoms in total. The molecular formula is C24H31N3O2. The van der Waals surface area contributed by atoms with Gasteiger partial charge in [0.15, 0.2) is 0 Å². The number of hydrogen-bond donors (Lipinski definition) is 0. The van der Waals surface area contributed by atoms with Gasteiger partial charge >= 0.3 is 0 Å². The first-order valence-corrected chi connectivity index (χ1v) is 10.7.